The van der Waals surface area contributed by atoms with Crippen molar-refractivity contribution >= 4 is 39.9 Å². The Kier molecular flexibility index (Phi) is 7.15. The van der Waals surface area contributed by atoms with Crippen molar-refractivity contribution in [3.05, 3.63) is 28.2 Å². The molecule has 1 fully saturated rings. The summed E-state index contributed by atoms with van der Waals surface area (Å²) in [6, 6.07) is 3.41. The first kappa shape index (κ1) is 19.3. The highest BCUT2D eigenvalue weighted by atomic mass is 79.9. The molecule has 0 bridgehead atoms. The predicted molar refractivity (Wildman–Crippen MR) is 85.2 cm³/mol. The van der Waals surface area contributed by atoms with Crippen LogP contribution in [0.2, 0.25) is 0 Å². The number of amides is 1. The lowest BCUT2D eigenvalue weighted by atomic mass is 9.94. The van der Waals surface area contributed by atoms with Crippen LogP contribution in [-0.2, 0) is 11.0 Å². The van der Waals surface area contributed by atoms with E-state index in [0.29, 0.717) is 12.3 Å². The van der Waals surface area contributed by atoms with Gasteiger partial charge in [-0.1, -0.05) is 15.9 Å². The van der Waals surface area contributed by atoms with Gasteiger partial charge in [0.1, 0.15) is 0 Å². The molecule has 0 saturated carbocycles. The molecule has 0 unspecified atom stereocenters. The number of carbonyl (C=O) groups excluding carboxylic acids is 1. The Hall–Kier alpha value is -0.790. The number of benzene rings is 1. The van der Waals surface area contributed by atoms with Gasteiger partial charge in [0.2, 0.25) is 5.91 Å². The van der Waals surface area contributed by atoms with E-state index in [9.17, 15) is 18.0 Å². The Bertz CT molecular complexity index is 519. The fourth-order valence-corrected chi connectivity index (χ4v) is 2.88. The minimum absolute atomic E-state index is 0. The van der Waals surface area contributed by atoms with Gasteiger partial charge in [0.15, 0.2) is 0 Å². The summed E-state index contributed by atoms with van der Waals surface area (Å²) >= 11 is 3.03. The SMILES string of the molecule is Cl.O=C(CC1CCNCC1)Nc1cc(Br)cc(C(F)(F)F)c1. The molecule has 0 radical (unpaired) electrons. The van der Waals surface area contributed by atoms with Gasteiger partial charge in [-0.05, 0) is 50.0 Å². The van der Waals surface area contributed by atoms with Crippen LogP contribution in [0.3, 0.4) is 0 Å². The number of nitrogens with one attached hydrogen (secondary N) is 2. The maximum atomic E-state index is 12.7. The van der Waals surface area contributed by atoms with Crippen LogP contribution in [-0.4, -0.2) is 19.0 Å². The lowest BCUT2D eigenvalue weighted by molar-refractivity contribution is -0.137. The molecule has 1 heterocycles. The maximum Gasteiger partial charge on any atom is 0.416 e. The van der Waals surface area contributed by atoms with E-state index in [-0.39, 0.29) is 28.5 Å². The molecule has 0 aromatic heterocycles. The highest BCUT2D eigenvalue weighted by Crippen LogP contribution is 2.33. The molecule has 124 valence electrons. The first-order chi connectivity index (χ1) is 9.84. The molecule has 1 aliphatic heterocycles. The van der Waals surface area contributed by atoms with Gasteiger partial charge in [-0.15, -0.1) is 12.4 Å². The fourth-order valence-electron chi connectivity index (χ4n) is 2.39. The Morgan fingerprint density at radius 3 is 2.50 bits per heavy atom. The summed E-state index contributed by atoms with van der Waals surface area (Å²) < 4.78 is 38.4. The van der Waals surface area contributed by atoms with Crippen LogP contribution < -0.4 is 10.6 Å². The van der Waals surface area contributed by atoms with Gasteiger partial charge in [0, 0.05) is 16.6 Å². The second-order valence-electron chi connectivity index (χ2n) is 5.17. The van der Waals surface area contributed by atoms with E-state index in [1.165, 1.54) is 6.07 Å². The third-order valence-electron chi connectivity index (χ3n) is 3.44. The van der Waals surface area contributed by atoms with Gasteiger partial charge in [0.05, 0.1) is 5.56 Å². The molecule has 22 heavy (non-hydrogen) atoms. The van der Waals surface area contributed by atoms with Gasteiger partial charge in [-0.3, -0.25) is 4.79 Å². The van der Waals surface area contributed by atoms with Crippen molar-refractivity contribution in [3.63, 3.8) is 0 Å². The molecular weight excluding hydrogens is 385 g/mol. The van der Waals surface area contributed by atoms with Crippen molar-refractivity contribution in [2.75, 3.05) is 18.4 Å². The number of hydrogen-bond acceptors (Lipinski definition) is 2. The average molecular weight is 402 g/mol. The predicted octanol–water partition coefficient (Wildman–Crippen LogP) is 4.22. The van der Waals surface area contributed by atoms with Crippen LogP contribution in [0, 0.1) is 5.92 Å². The van der Waals surface area contributed by atoms with Crippen LogP contribution >= 0.6 is 28.3 Å². The third kappa shape index (κ3) is 5.78. The molecule has 1 amide bonds. The number of hydrogen-bond donors (Lipinski definition) is 2. The van der Waals surface area contributed by atoms with Crippen molar-refractivity contribution in [1.29, 1.82) is 0 Å². The van der Waals surface area contributed by atoms with E-state index in [2.05, 4.69) is 26.6 Å². The zero-order valence-electron chi connectivity index (χ0n) is 11.7. The molecule has 1 aliphatic rings. The average Bonchev–Trinajstić information content (AvgIpc) is 2.37. The summed E-state index contributed by atoms with van der Waals surface area (Å²) in [5.74, 6) is 0.0496. The van der Waals surface area contributed by atoms with E-state index < -0.39 is 11.7 Å². The van der Waals surface area contributed by atoms with E-state index >= 15 is 0 Å². The standard InChI is InChI=1S/C14H16BrF3N2O.ClH/c15-11-6-10(14(16,17)18)7-12(8-11)20-13(21)5-9-1-3-19-4-2-9;/h6-9,19H,1-5H2,(H,20,21);1H. The molecule has 0 aliphatic carbocycles. The van der Waals surface area contributed by atoms with Crippen molar-refractivity contribution in [2.45, 2.75) is 25.4 Å². The van der Waals surface area contributed by atoms with Crippen LogP contribution in [0.1, 0.15) is 24.8 Å². The molecule has 3 nitrogen and oxygen atoms in total. The van der Waals surface area contributed by atoms with Crippen LogP contribution in [0.4, 0.5) is 18.9 Å². The van der Waals surface area contributed by atoms with Crippen LogP contribution in [0.5, 0.6) is 0 Å². The minimum Gasteiger partial charge on any atom is -0.326 e. The summed E-state index contributed by atoms with van der Waals surface area (Å²) in [6.45, 7) is 1.76. The van der Waals surface area contributed by atoms with E-state index in [1.807, 2.05) is 0 Å². The smallest absolute Gasteiger partial charge is 0.326 e. The minimum atomic E-state index is -4.43. The highest BCUT2D eigenvalue weighted by molar-refractivity contribution is 9.10. The van der Waals surface area contributed by atoms with E-state index in [0.717, 1.165) is 38.1 Å². The summed E-state index contributed by atoms with van der Waals surface area (Å²) in [4.78, 5) is 11.9. The van der Waals surface area contributed by atoms with Gasteiger partial charge < -0.3 is 10.6 Å². The summed E-state index contributed by atoms with van der Waals surface area (Å²) in [7, 11) is 0. The molecule has 2 rings (SSSR count). The van der Waals surface area contributed by atoms with Gasteiger partial charge in [0.25, 0.3) is 0 Å². The van der Waals surface area contributed by atoms with Crippen molar-refractivity contribution in [1.82, 2.24) is 5.32 Å². The molecule has 2 N–H and O–H groups in total. The molecule has 0 atom stereocenters. The number of halogens is 5. The topological polar surface area (TPSA) is 41.1 Å². The van der Waals surface area contributed by atoms with Crippen molar-refractivity contribution < 1.29 is 18.0 Å². The second-order valence-corrected chi connectivity index (χ2v) is 6.09. The normalized spacial score (nSPS) is 16.0. The van der Waals surface area contributed by atoms with Crippen molar-refractivity contribution in [3.8, 4) is 0 Å². The largest absolute Gasteiger partial charge is 0.416 e. The molecule has 1 aromatic carbocycles. The van der Waals surface area contributed by atoms with Crippen molar-refractivity contribution in [2.24, 2.45) is 5.92 Å². The van der Waals surface area contributed by atoms with E-state index in [1.54, 1.807) is 0 Å². The summed E-state index contributed by atoms with van der Waals surface area (Å²) in [5, 5.41) is 5.76. The van der Waals surface area contributed by atoms with Gasteiger partial charge in [-0.25, -0.2) is 0 Å². The van der Waals surface area contributed by atoms with Gasteiger partial charge >= 0.3 is 6.18 Å². The summed E-state index contributed by atoms with van der Waals surface area (Å²) in [5.41, 5.74) is -0.621. The third-order valence-corrected chi connectivity index (χ3v) is 3.90. The van der Waals surface area contributed by atoms with Crippen LogP contribution in [0.25, 0.3) is 0 Å². The number of anilines is 1. The molecule has 8 heteroatoms. The molecular formula is C14H17BrClF3N2O. The monoisotopic (exact) mass is 400 g/mol. The maximum absolute atomic E-state index is 12.7. The zero-order chi connectivity index (χ0) is 15.5. The second kappa shape index (κ2) is 8.17. The number of piperidine rings is 1. The Morgan fingerprint density at radius 2 is 1.91 bits per heavy atom. The number of carbonyl (C=O) groups is 1. The first-order valence-corrected chi connectivity index (χ1v) is 7.52. The molecule has 1 saturated heterocycles. The quantitative estimate of drug-likeness (QED) is 0.796. The Morgan fingerprint density at radius 1 is 1.27 bits per heavy atom. The molecule has 0 spiro atoms. The van der Waals surface area contributed by atoms with Crippen LogP contribution in [0.15, 0.2) is 22.7 Å². The number of alkyl halides is 3. The Balaban J connectivity index is 0.00000242. The zero-order valence-corrected chi connectivity index (χ0v) is 14.1. The number of rotatable bonds is 3. The summed E-state index contributed by atoms with van der Waals surface area (Å²) in [6.07, 6.45) is -2.26. The van der Waals surface area contributed by atoms with E-state index in [4.69, 9.17) is 0 Å². The lowest BCUT2D eigenvalue weighted by Crippen LogP contribution is -2.30. The van der Waals surface area contributed by atoms with Gasteiger partial charge in [-0.2, -0.15) is 13.2 Å². The highest BCUT2D eigenvalue weighted by Gasteiger charge is 2.31. The lowest BCUT2D eigenvalue weighted by Gasteiger charge is -2.22. The molecule has 1 aromatic rings. The first-order valence-electron chi connectivity index (χ1n) is 6.73. The Labute approximate surface area is 141 Å². The fraction of sp³-hybridized carbons (Fsp3) is 0.500.